The monoisotopic (exact) mass is 469 g/mol. The number of nitrogens with one attached hydrogen (secondary N) is 1. The molecule has 0 radical (unpaired) electrons. The second-order valence-electron chi connectivity index (χ2n) is 7.20. The molecule has 1 amide bonds. The first-order chi connectivity index (χ1) is 13.9. The molecule has 1 unspecified atom stereocenters. The number of thiophene rings is 2. The van der Waals surface area contributed by atoms with Crippen LogP contribution in [0.2, 0.25) is 4.34 Å². The van der Waals surface area contributed by atoms with E-state index < -0.39 is 16.1 Å². The fourth-order valence-electron chi connectivity index (χ4n) is 3.99. The number of aryl methyl sites for hydroxylation is 1. The Morgan fingerprint density at radius 2 is 2.00 bits per heavy atom. The van der Waals surface area contributed by atoms with Gasteiger partial charge in [0.25, 0.3) is 10.0 Å². The summed E-state index contributed by atoms with van der Waals surface area (Å²) in [7, 11) is -3.78. The topological polar surface area (TPSA) is 90.3 Å². The quantitative estimate of drug-likeness (QED) is 0.672. The average Bonchev–Trinajstić information content (AvgIpc) is 3.38. The SMILES string of the molecule is N#Cc1c(NC(=O)C2CCCN2S(=O)(=O)c2ccc(Cl)s2)sc2c1CCCCC2. The summed E-state index contributed by atoms with van der Waals surface area (Å²) in [5.41, 5.74) is 1.59. The molecule has 10 heteroatoms. The van der Waals surface area contributed by atoms with E-state index in [9.17, 15) is 18.5 Å². The number of hydrogen-bond acceptors (Lipinski definition) is 6. The highest BCUT2D eigenvalue weighted by atomic mass is 35.5. The van der Waals surface area contributed by atoms with Crippen LogP contribution < -0.4 is 5.32 Å². The number of amides is 1. The Morgan fingerprint density at radius 1 is 1.21 bits per heavy atom. The molecule has 1 saturated heterocycles. The normalized spacial score (nSPS) is 20.1. The van der Waals surface area contributed by atoms with Crippen LogP contribution in [0.25, 0.3) is 0 Å². The van der Waals surface area contributed by atoms with Gasteiger partial charge < -0.3 is 5.32 Å². The molecule has 1 aliphatic heterocycles. The van der Waals surface area contributed by atoms with Crippen LogP contribution in [0.4, 0.5) is 5.00 Å². The minimum Gasteiger partial charge on any atom is -0.315 e. The van der Waals surface area contributed by atoms with E-state index in [0.29, 0.717) is 34.3 Å². The van der Waals surface area contributed by atoms with Crippen molar-refractivity contribution in [3.63, 3.8) is 0 Å². The van der Waals surface area contributed by atoms with Crippen molar-refractivity contribution in [2.24, 2.45) is 0 Å². The maximum Gasteiger partial charge on any atom is 0.253 e. The Hall–Kier alpha value is -1.44. The lowest BCUT2D eigenvalue weighted by Gasteiger charge is -2.22. The summed E-state index contributed by atoms with van der Waals surface area (Å²) in [5, 5.41) is 13.1. The number of halogens is 1. The lowest BCUT2D eigenvalue weighted by atomic mass is 10.1. The zero-order chi connectivity index (χ0) is 20.6. The highest BCUT2D eigenvalue weighted by molar-refractivity contribution is 7.91. The molecule has 154 valence electrons. The molecule has 0 spiro atoms. The van der Waals surface area contributed by atoms with Gasteiger partial charge in [0.2, 0.25) is 5.91 Å². The number of anilines is 1. The summed E-state index contributed by atoms with van der Waals surface area (Å²) in [4.78, 5) is 14.2. The molecule has 2 aromatic rings. The highest BCUT2D eigenvalue weighted by Crippen LogP contribution is 2.38. The van der Waals surface area contributed by atoms with Crippen molar-refractivity contribution >= 4 is 55.2 Å². The molecule has 29 heavy (non-hydrogen) atoms. The molecule has 1 N–H and O–H groups in total. The fraction of sp³-hybridized carbons (Fsp3) is 0.474. The molecule has 2 aromatic heterocycles. The summed E-state index contributed by atoms with van der Waals surface area (Å²) >= 11 is 8.35. The van der Waals surface area contributed by atoms with Gasteiger partial charge in [0.05, 0.1) is 9.90 Å². The number of carbonyl (C=O) groups excluding carboxylic acids is 1. The Labute approximate surface area is 183 Å². The molecule has 1 atom stereocenters. The molecular weight excluding hydrogens is 450 g/mol. The summed E-state index contributed by atoms with van der Waals surface area (Å²) in [6.45, 7) is 0.294. The minimum atomic E-state index is -3.78. The molecular formula is C19H20ClN3O3S3. The number of nitrogens with zero attached hydrogens (tertiary/aromatic N) is 2. The van der Waals surface area contributed by atoms with Gasteiger partial charge in [0.15, 0.2) is 0 Å². The van der Waals surface area contributed by atoms with Gasteiger partial charge >= 0.3 is 0 Å². The van der Waals surface area contributed by atoms with E-state index in [1.807, 2.05) is 0 Å². The zero-order valence-electron chi connectivity index (χ0n) is 15.6. The number of carbonyl (C=O) groups is 1. The Morgan fingerprint density at radius 3 is 2.72 bits per heavy atom. The van der Waals surface area contributed by atoms with Crippen LogP contribution >= 0.6 is 34.3 Å². The maximum atomic E-state index is 13.0. The van der Waals surface area contributed by atoms with E-state index >= 15 is 0 Å². The first-order valence-electron chi connectivity index (χ1n) is 9.54. The van der Waals surface area contributed by atoms with Crippen LogP contribution in [0.5, 0.6) is 0 Å². The second-order valence-corrected chi connectivity index (χ2v) is 12.1. The number of hydrogen-bond donors (Lipinski definition) is 1. The van der Waals surface area contributed by atoms with Gasteiger partial charge in [-0.1, -0.05) is 18.0 Å². The van der Waals surface area contributed by atoms with Crippen LogP contribution in [0, 0.1) is 11.3 Å². The van der Waals surface area contributed by atoms with Crippen molar-refractivity contribution in [1.82, 2.24) is 4.31 Å². The van der Waals surface area contributed by atoms with Crippen molar-refractivity contribution < 1.29 is 13.2 Å². The molecule has 1 fully saturated rings. The van der Waals surface area contributed by atoms with Crippen molar-refractivity contribution in [2.45, 2.75) is 55.2 Å². The Balaban J connectivity index is 1.58. The van der Waals surface area contributed by atoms with Crippen LogP contribution in [0.1, 0.15) is 48.1 Å². The number of nitriles is 1. The van der Waals surface area contributed by atoms with E-state index in [2.05, 4.69) is 11.4 Å². The largest absolute Gasteiger partial charge is 0.315 e. The lowest BCUT2D eigenvalue weighted by Crippen LogP contribution is -2.42. The summed E-state index contributed by atoms with van der Waals surface area (Å²) in [6.07, 6.45) is 6.13. The number of fused-ring (bicyclic) bond motifs is 1. The number of sulfonamides is 1. The third-order valence-electron chi connectivity index (χ3n) is 5.39. The van der Waals surface area contributed by atoms with Crippen LogP contribution in [0.15, 0.2) is 16.3 Å². The maximum absolute atomic E-state index is 13.0. The van der Waals surface area contributed by atoms with E-state index in [1.54, 1.807) is 6.07 Å². The predicted molar refractivity (Wildman–Crippen MR) is 115 cm³/mol. The van der Waals surface area contributed by atoms with Crippen LogP contribution in [-0.4, -0.2) is 31.2 Å². The van der Waals surface area contributed by atoms with Crippen LogP contribution in [0.3, 0.4) is 0 Å². The molecule has 1 aliphatic carbocycles. The van der Waals surface area contributed by atoms with Crippen molar-refractivity contribution in [2.75, 3.05) is 11.9 Å². The van der Waals surface area contributed by atoms with E-state index in [0.717, 1.165) is 49.0 Å². The first kappa shape index (κ1) is 20.8. The lowest BCUT2D eigenvalue weighted by molar-refractivity contribution is -0.119. The highest BCUT2D eigenvalue weighted by Gasteiger charge is 2.40. The van der Waals surface area contributed by atoms with E-state index in [-0.39, 0.29) is 10.1 Å². The van der Waals surface area contributed by atoms with Gasteiger partial charge in [-0.15, -0.1) is 22.7 Å². The molecule has 2 aliphatic rings. The second kappa shape index (κ2) is 8.36. The fourth-order valence-corrected chi connectivity index (χ4v) is 8.50. The van der Waals surface area contributed by atoms with Crippen molar-refractivity contribution in [1.29, 1.82) is 5.26 Å². The molecule has 3 heterocycles. The van der Waals surface area contributed by atoms with Gasteiger partial charge in [0.1, 0.15) is 21.3 Å². The third-order valence-corrected chi connectivity index (χ3v) is 10.2. The Kier molecular flexibility index (Phi) is 6.00. The molecule has 0 saturated carbocycles. The molecule has 0 bridgehead atoms. The Bertz CT molecular complexity index is 1080. The molecule has 6 nitrogen and oxygen atoms in total. The van der Waals surface area contributed by atoms with Gasteiger partial charge in [-0.3, -0.25) is 4.79 Å². The molecule has 0 aromatic carbocycles. The van der Waals surface area contributed by atoms with Crippen molar-refractivity contribution in [3.05, 3.63) is 32.5 Å². The van der Waals surface area contributed by atoms with E-state index in [1.165, 1.54) is 26.6 Å². The zero-order valence-corrected chi connectivity index (χ0v) is 18.8. The predicted octanol–water partition coefficient (Wildman–Crippen LogP) is 4.40. The number of rotatable bonds is 4. The average molecular weight is 470 g/mol. The van der Waals surface area contributed by atoms with Gasteiger partial charge in [-0.2, -0.15) is 9.57 Å². The van der Waals surface area contributed by atoms with Gasteiger partial charge in [0, 0.05) is 11.4 Å². The van der Waals surface area contributed by atoms with Gasteiger partial charge in [-0.05, 0) is 56.2 Å². The van der Waals surface area contributed by atoms with E-state index in [4.69, 9.17) is 11.6 Å². The summed E-state index contributed by atoms with van der Waals surface area (Å²) in [5.74, 6) is -0.373. The first-order valence-corrected chi connectivity index (χ1v) is 13.0. The molecule has 4 rings (SSSR count). The van der Waals surface area contributed by atoms with Gasteiger partial charge in [-0.25, -0.2) is 8.42 Å². The summed E-state index contributed by atoms with van der Waals surface area (Å²) < 4.78 is 27.8. The third kappa shape index (κ3) is 3.97. The minimum absolute atomic E-state index is 0.141. The summed E-state index contributed by atoms with van der Waals surface area (Å²) in [6, 6.07) is 4.48. The van der Waals surface area contributed by atoms with Crippen LogP contribution in [-0.2, 0) is 27.7 Å². The standard InChI is InChI=1S/C19H20ClN3O3S3/c20-16-8-9-17(28-16)29(25,26)23-10-4-6-14(23)18(24)22-19-13(11-21)12-5-2-1-3-7-15(12)27-19/h8-9,14H,1-7,10H2,(H,22,24). The van der Waals surface area contributed by atoms with Crippen molar-refractivity contribution in [3.8, 4) is 6.07 Å². The smallest absolute Gasteiger partial charge is 0.253 e.